The number of anilines is 1. The van der Waals surface area contributed by atoms with E-state index in [1.807, 2.05) is 52.8 Å². The van der Waals surface area contributed by atoms with Gasteiger partial charge in [0.2, 0.25) is 5.52 Å². The summed E-state index contributed by atoms with van der Waals surface area (Å²) in [7, 11) is -8.32. The maximum Gasteiger partial charge on any atom is 0.267 e. The van der Waals surface area contributed by atoms with Crippen LogP contribution in [0.5, 0.6) is 0 Å². The first-order valence-electron chi connectivity index (χ1n) is 12.9. The van der Waals surface area contributed by atoms with Gasteiger partial charge in [0.15, 0.2) is 6.54 Å². The van der Waals surface area contributed by atoms with Gasteiger partial charge in [0.25, 0.3) is 25.2 Å². The average molecular weight is 679 g/mol. The van der Waals surface area contributed by atoms with Gasteiger partial charge in [0.05, 0.1) is 21.2 Å². The molecular weight excluding hydrogens is 647 g/mol. The van der Waals surface area contributed by atoms with E-state index in [9.17, 15) is 25.9 Å². The summed E-state index contributed by atoms with van der Waals surface area (Å²) in [5, 5.41) is 1.07. The van der Waals surface area contributed by atoms with Crippen LogP contribution in [0.2, 0.25) is 10.0 Å². The van der Waals surface area contributed by atoms with Crippen molar-refractivity contribution in [2.45, 2.75) is 62.0 Å². The van der Waals surface area contributed by atoms with Gasteiger partial charge in [0, 0.05) is 40.0 Å². The van der Waals surface area contributed by atoms with Gasteiger partial charge in [-0.15, -0.1) is 0 Å². The van der Waals surface area contributed by atoms with Crippen LogP contribution in [0.25, 0.3) is 16.3 Å². The highest BCUT2D eigenvalue weighted by molar-refractivity contribution is 8.03. The molecule has 0 aliphatic carbocycles. The summed E-state index contributed by atoms with van der Waals surface area (Å²) in [4.78, 5) is 3.00. The number of benzene rings is 2. The second-order valence-electron chi connectivity index (χ2n) is 9.85. The van der Waals surface area contributed by atoms with Crippen molar-refractivity contribution in [3.63, 3.8) is 0 Å². The summed E-state index contributed by atoms with van der Waals surface area (Å²) >= 11 is 15.7. The van der Waals surface area contributed by atoms with Crippen LogP contribution in [0, 0.1) is 0 Å². The molecule has 2 unspecified atom stereocenters. The summed E-state index contributed by atoms with van der Waals surface area (Å²) < 4.78 is 68.6. The quantitative estimate of drug-likeness (QED) is 0.163. The predicted octanol–water partition coefficient (Wildman–Crippen LogP) is 7.08. The largest absolute Gasteiger partial charge is 0.335 e. The number of thiazole rings is 1. The standard InChI is InChI=1S/C27H30Cl2N2O6S4/c1-4-19(13-26-30(11-9-17(2)40(32,33)34)22-15-20(28)5-7-24(22)38-26)14-27-31(12-10-18(3)41(35,36)37)23-16-21(29)6-8-25(23)39-27/h5-8,13-18H,4,9-12H2,1-3H3,(H-,32,33,34,35,36,37)/p+1. The Labute approximate surface area is 259 Å². The van der Waals surface area contributed by atoms with E-state index in [4.69, 9.17) is 23.2 Å². The molecule has 0 saturated carbocycles. The molecule has 0 spiro atoms. The number of halogens is 2. The summed E-state index contributed by atoms with van der Waals surface area (Å²) in [6.45, 7) is 5.71. The molecule has 8 nitrogen and oxygen atoms in total. The maximum absolute atomic E-state index is 11.7. The van der Waals surface area contributed by atoms with E-state index < -0.39 is 30.7 Å². The molecular formula is C27H31Cl2N2O6S4+. The van der Waals surface area contributed by atoms with Gasteiger partial charge in [-0.1, -0.05) is 53.2 Å². The summed E-state index contributed by atoms with van der Waals surface area (Å²) in [5.74, 6) is 0. The fourth-order valence-corrected chi connectivity index (χ4v) is 7.74. The molecule has 2 aromatic carbocycles. The van der Waals surface area contributed by atoms with E-state index in [0.717, 1.165) is 36.4 Å². The number of rotatable bonds is 11. The van der Waals surface area contributed by atoms with Crippen molar-refractivity contribution in [1.29, 1.82) is 0 Å². The van der Waals surface area contributed by atoms with Crippen LogP contribution in [0.1, 0.15) is 45.0 Å². The highest BCUT2D eigenvalue weighted by Gasteiger charge is 2.28. The minimum atomic E-state index is -4.16. The predicted molar refractivity (Wildman–Crippen MR) is 169 cm³/mol. The Morgan fingerprint density at radius 3 is 2.29 bits per heavy atom. The first kappa shape index (κ1) is 32.3. The third-order valence-corrected chi connectivity index (χ3v) is 12.1. The lowest BCUT2D eigenvalue weighted by molar-refractivity contribution is -0.669. The van der Waals surface area contributed by atoms with Crippen LogP contribution in [-0.4, -0.2) is 43.0 Å². The molecule has 14 heteroatoms. The SMILES string of the molecule is CCC(=Cc1sc2ccc(Cl)cc2[n+]1CCC(C)S(=O)(=O)O)C=C1Sc2ccc(Cl)cc2N1CCC(C)S(=O)(=O)O. The third-order valence-electron chi connectivity index (χ3n) is 6.95. The number of hydrogen-bond donors (Lipinski definition) is 2. The van der Waals surface area contributed by atoms with Gasteiger partial charge in [0.1, 0.15) is 4.70 Å². The maximum atomic E-state index is 11.7. The van der Waals surface area contributed by atoms with Crippen LogP contribution in [0.4, 0.5) is 5.69 Å². The summed E-state index contributed by atoms with van der Waals surface area (Å²) in [5.41, 5.74) is 2.74. The fourth-order valence-electron chi connectivity index (χ4n) is 4.31. The second-order valence-corrected chi connectivity index (χ2v) is 16.5. The molecule has 0 saturated heterocycles. The highest BCUT2D eigenvalue weighted by atomic mass is 35.5. The van der Waals surface area contributed by atoms with E-state index in [1.54, 1.807) is 23.1 Å². The smallest absolute Gasteiger partial charge is 0.267 e. The van der Waals surface area contributed by atoms with Crippen LogP contribution in [0.15, 0.2) is 58.0 Å². The zero-order valence-corrected chi connectivity index (χ0v) is 27.4. The first-order valence-corrected chi connectivity index (χ1v) is 18.3. The first-order chi connectivity index (χ1) is 19.2. The monoisotopic (exact) mass is 677 g/mol. The lowest BCUT2D eigenvalue weighted by Gasteiger charge is -2.22. The van der Waals surface area contributed by atoms with Gasteiger partial charge in [-0.2, -0.15) is 21.4 Å². The molecule has 0 bridgehead atoms. The van der Waals surface area contributed by atoms with E-state index in [0.29, 0.717) is 29.6 Å². The summed E-state index contributed by atoms with van der Waals surface area (Å²) in [6.07, 6.45) is 5.24. The fraction of sp³-hybridized carbons (Fsp3) is 0.370. The number of aryl methyl sites for hydroxylation is 1. The Morgan fingerprint density at radius 1 is 1.00 bits per heavy atom. The zero-order valence-electron chi connectivity index (χ0n) is 22.6. The minimum Gasteiger partial charge on any atom is -0.335 e. The van der Waals surface area contributed by atoms with Crippen molar-refractivity contribution in [1.82, 2.24) is 0 Å². The Kier molecular flexibility index (Phi) is 10.2. The zero-order chi connectivity index (χ0) is 30.1. The molecule has 2 N–H and O–H groups in total. The van der Waals surface area contributed by atoms with Crippen LogP contribution < -0.4 is 9.47 Å². The third kappa shape index (κ3) is 7.85. The molecule has 4 rings (SSSR count). The molecule has 2 atom stereocenters. The number of allylic oxidation sites excluding steroid dienone is 2. The van der Waals surface area contributed by atoms with Crippen molar-refractivity contribution in [3.05, 3.63) is 68.1 Å². The van der Waals surface area contributed by atoms with Crippen LogP contribution in [-0.2, 0) is 26.8 Å². The molecule has 0 amide bonds. The molecule has 0 fully saturated rings. The molecule has 1 aromatic heterocycles. The van der Waals surface area contributed by atoms with E-state index in [1.165, 1.54) is 13.8 Å². The lowest BCUT2D eigenvalue weighted by atomic mass is 10.1. The minimum absolute atomic E-state index is 0.219. The number of nitrogens with zero attached hydrogens (tertiary/aromatic N) is 2. The van der Waals surface area contributed by atoms with Crippen molar-refractivity contribution in [2.24, 2.45) is 0 Å². The van der Waals surface area contributed by atoms with E-state index in [2.05, 4.69) is 12.2 Å². The van der Waals surface area contributed by atoms with Crippen LogP contribution in [0.3, 0.4) is 0 Å². The molecule has 3 aromatic rings. The number of aromatic nitrogens is 1. The molecule has 1 aliphatic rings. The normalized spacial score (nSPS) is 16.9. The van der Waals surface area contributed by atoms with Gasteiger partial charge >= 0.3 is 0 Å². The number of fused-ring (bicyclic) bond motifs is 2. The Bertz CT molecular complexity index is 1740. The lowest BCUT2D eigenvalue weighted by Crippen LogP contribution is -2.37. The van der Waals surface area contributed by atoms with Gasteiger partial charge in [-0.05, 0) is 68.7 Å². The Balaban J connectivity index is 1.73. The molecule has 222 valence electrons. The molecule has 2 heterocycles. The highest BCUT2D eigenvalue weighted by Crippen LogP contribution is 2.47. The van der Waals surface area contributed by atoms with Crippen molar-refractivity contribution in [3.8, 4) is 0 Å². The van der Waals surface area contributed by atoms with Crippen molar-refractivity contribution in [2.75, 3.05) is 11.4 Å². The average Bonchev–Trinajstić information content (AvgIpc) is 3.40. The van der Waals surface area contributed by atoms with E-state index in [-0.39, 0.29) is 12.8 Å². The Morgan fingerprint density at radius 2 is 1.63 bits per heavy atom. The molecule has 41 heavy (non-hydrogen) atoms. The van der Waals surface area contributed by atoms with E-state index >= 15 is 0 Å². The molecule has 1 aliphatic heterocycles. The van der Waals surface area contributed by atoms with Crippen molar-refractivity contribution >= 4 is 88.5 Å². The van der Waals surface area contributed by atoms with Gasteiger partial charge in [-0.3, -0.25) is 9.11 Å². The number of hydrogen-bond acceptors (Lipinski definition) is 7. The van der Waals surface area contributed by atoms with Crippen molar-refractivity contribution < 1.29 is 30.5 Å². The van der Waals surface area contributed by atoms with Gasteiger partial charge < -0.3 is 4.90 Å². The van der Waals surface area contributed by atoms with Crippen LogP contribution >= 0.6 is 46.3 Å². The van der Waals surface area contributed by atoms with Gasteiger partial charge in [-0.25, -0.2) is 0 Å². The summed E-state index contributed by atoms with van der Waals surface area (Å²) in [6, 6.07) is 11.2. The second kappa shape index (κ2) is 12.9. The molecule has 0 radical (unpaired) electrons. The number of thioether (sulfide) groups is 1. The Hall–Kier alpha value is -1.64. The topological polar surface area (TPSA) is 116 Å².